The van der Waals surface area contributed by atoms with E-state index in [1.165, 1.54) is 6.33 Å². The first-order valence-corrected chi connectivity index (χ1v) is 5.77. The predicted molar refractivity (Wildman–Crippen MR) is 64.2 cm³/mol. The maximum Gasteiger partial charge on any atom is 0.292 e. The molecule has 2 aromatic rings. The summed E-state index contributed by atoms with van der Waals surface area (Å²) >= 11 is 0. The second kappa shape index (κ2) is 4.30. The molecule has 0 radical (unpaired) electrons. The Morgan fingerprint density at radius 3 is 3.11 bits per heavy atom. The fourth-order valence-electron chi connectivity index (χ4n) is 2.27. The number of ether oxygens (including phenoxy) is 1. The van der Waals surface area contributed by atoms with Crippen LogP contribution >= 0.6 is 0 Å². The third-order valence-corrected chi connectivity index (χ3v) is 3.22. The number of imidazole rings is 1. The molecule has 9 nitrogen and oxygen atoms in total. The minimum absolute atomic E-state index is 0.123. The van der Waals surface area contributed by atoms with Gasteiger partial charge < -0.3 is 25.3 Å². The fourth-order valence-corrected chi connectivity index (χ4v) is 2.27. The summed E-state index contributed by atoms with van der Waals surface area (Å²) in [5.41, 5.74) is 5.81. The first kappa shape index (κ1) is 12.1. The van der Waals surface area contributed by atoms with Gasteiger partial charge in [0.05, 0.1) is 19.0 Å². The van der Waals surface area contributed by atoms with Gasteiger partial charge in [-0.1, -0.05) is 0 Å². The maximum atomic E-state index is 11.6. The van der Waals surface area contributed by atoms with Crippen LogP contribution in [0.15, 0.2) is 11.1 Å². The lowest BCUT2D eigenvalue weighted by atomic mass is 10.2. The van der Waals surface area contributed by atoms with Crippen LogP contribution in [0.1, 0.15) is 12.6 Å². The Kier molecular flexibility index (Phi) is 2.73. The molecule has 0 aliphatic carbocycles. The van der Waals surface area contributed by atoms with Crippen LogP contribution < -0.4 is 11.3 Å². The summed E-state index contributed by atoms with van der Waals surface area (Å²) in [6.07, 6.45) is -0.275. The van der Waals surface area contributed by atoms with Crippen LogP contribution in [0.3, 0.4) is 0 Å². The topological polar surface area (TPSA) is 139 Å². The Balaban J connectivity index is 2.07. The van der Waals surface area contributed by atoms with Gasteiger partial charge in [0.25, 0.3) is 5.56 Å². The van der Waals surface area contributed by atoms with Crippen LogP contribution in [-0.2, 0) is 4.74 Å². The number of fused-ring (bicyclic) bond motifs is 1. The van der Waals surface area contributed by atoms with Gasteiger partial charge in [0.1, 0.15) is 17.8 Å². The van der Waals surface area contributed by atoms with Crippen molar-refractivity contribution in [2.75, 3.05) is 12.3 Å². The largest absolute Gasteiger partial charge is 0.394 e. The van der Waals surface area contributed by atoms with Gasteiger partial charge in [-0.15, -0.1) is 0 Å². The zero-order chi connectivity index (χ0) is 13.6. The van der Waals surface area contributed by atoms with Crippen molar-refractivity contribution in [1.82, 2.24) is 19.7 Å². The minimum Gasteiger partial charge on any atom is -0.394 e. The molecule has 1 saturated heterocycles. The van der Waals surface area contributed by atoms with Crippen LogP contribution in [0.25, 0.3) is 11.0 Å². The lowest BCUT2D eigenvalue weighted by Gasteiger charge is -2.14. The number of nitrogens with one attached hydrogen (secondary N) is 1. The summed E-state index contributed by atoms with van der Waals surface area (Å²) < 4.78 is 7.04. The van der Waals surface area contributed by atoms with Crippen molar-refractivity contribution in [1.29, 1.82) is 0 Å². The van der Waals surface area contributed by atoms with E-state index in [9.17, 15) is 9.90 Å². The number of aromatic nitrogens is 4. The molecule has 2 aromatic heterocycles. The number of hydrogen-bond acceptors (Lipinski definition) is 7. The quantitative estimate of drug-likeness (QED) is 0.510. The first-order chi connectivity index (χ1) is 9.11. The van der Waals surface area contributed by atoms with E-state index in [0.29, 0.717) is 5.52 Å². The predicted octanol–water partition coefficient (Wildman–Crippen LogP) is -1.66. The lowest BCUT2D eigenvalue weighted by molar-refractivity contribution is -0.0430. The Morgan fingerprint density at radius 2 is 2.42 bits per heavy atom. The molecule has 19 heavy (non-hydrogen) atoms. The van der Waals surface area contributed by atoms with E-state index in [-0.39, 0.29) is 24.4 Å². The Bertz CT molecular complexity index is 665. The number of aliphatic hydroxyl groups excluding tert-OH is 2. The third-order valence-electron chi connectivity index (χ3n) is 3.22. The van der Waals surface area contributed by atoms with E-state index in [2.05, 4.69) is 15.2 Å². The van der Waals surface area contributed by atoms with E-state index >= 15 is 0 Å². The van der Waals surface area contributed by atoms with E-state index in [0.717, 1.165) is 0 Å². The van der Waals surface area contributed by atoms with E-state index < -0.39 is 24.0 Å². The molecule has 1 aliphatic rings. The van der Waals surface area contributed by atoms with Crippen LogP contribution in [0.2, 0.25) is 0 Å². The van der Waals surface area contributed by atoms with Gasteiger partial charge in [-0.2, -0.15) is 5.10 Å². The summed E-state index contributed by atoms with van der Waals surface area (Å²) in [6, 6.07) is 0. The third kappa shape index (κ3) is 1.79. The van der Waals surface area contributed by atoms with Crippen molar-refractivity contribution in [3.8, 4) is 0 Å². The number of rotatable bonds is 2. The van der Waals surface area contributed by atoms with E-state index in [1.807, 2.05) is 0 Å². The molecule has 0 amide bonds. The van der Waals surface area contributed by atoms with Gasteiger partial charge >= 0.3 is 0 Å². The van der Waals surface area contributed by atoms with Gasteiger partial charge in [-0.05, 0) is 0 Å². The molecule has 0 spiro atoms. The van der Waals surface area contributed by atoms with Gasteiger partial charge in [0.15, 0.2) is 11.3 Å². The molecule has 102 valence electrons. The highest BCUT2D eigenvalue weighted by Gasteiger charge is 2.35. The molecule has 1 aliphatic heterocycles. The first-order valence-electron chi connectivity index (χ1n) is 5.77. The van der Waals surface area contributed by atoms with Crippen LogP contribution in [-0.4, -0.2) is 48.8 Å². The normalized spacial score (nSPS) is 27.2. The molecule has 9 heteroatoms. The second-order valence-corrected chi connectivity index (χ2v) is 4.40. The summed E-state index contributed by atoms with van der Waals surface area (Å²) in [4.78, 5) is 15.5. The number of aromatic amines is 1. The molecule has 1 fully saturated rings. The highest BCUT2D eigenvalue weighted by molar-refractivity contribution is 5.83. The molecular formula is C10H13N5O4. The van der Waals surface area contributed by atoms with Crippen molar-refractivity contribution >= 4 is 16.9 Å². The van der Waals surface area contributed by atoms with Gasteiger partial charge in [0.2, 0.25) is 0 Å². The summed E-state index contributed by atoms with van der Waals surface area (Å²) in [5, 5.41) is 24.7. The van der Waals surface area contributed by atoms with Crippen molar-refractivity contribution in [2.45, 2.75) is 24.9 Å². The zero-order valence-electron chi connectivity index (χ0n) is 9.85. The summed E-state index contributed by atoms with van der Waals surface area (Å²) in [7, 11) is 0. The molecular weight excluding hydrogens is 254 g/mol. The Labute approximate surface area is 106 Å². The smallest absolute Gasteiger partial charge is 0.292 e. The SMILES string of the molecule is Nc1n[nH]c(=O)c2ncn([C@H]3C[C@@H](O)[C@@H](CO)O3)c12. The van der Waals surface area contributed by atoms with Crippen LogP contribution in [0.5, 0.6) is 0 Å². The number of nitrogens with two attached hydrogens (primary N) is 1. The Morgan fingerprint density at radius 1 is 1.63 bits per heavy atom. The Hall–Kier alpha value is -1.97. The molecule has 0 bridgehead atoms. The molecule has 5 N–H and O–H groups in total. The van der Waals surface area contributed by atoms with Crippen molar-refractivity contribution in [2.24, 2.45) is 0 Å². The zero-order valence-corrected chi connectivity index (χ0v) is 9.85. The van der Waals surface area contributed by atoms with Crippen molar-refractivity contribution in [3.63, 3.8) is 0 Å². The average Bonchev–Trinajstić information content (AvgIpc) is 2.97. The van der Waals surface area contributed by atoms with Crippen molar-refractivity contribution < 1.29 is 14.9 Å². The summed E-state index contributed by atoms with van der Waals surface area (Å²) in [5.74, 6) is 0.123. The number of nitrogen functional groups attached to an aromatic ring is 1. The van der Waals surface area contributed by atoms with E-state index in [1.54, 1.807) is 4.57 Å². The maximum absolute atomic E-state index is 11.6. The van der Waals surface area contributed by atoms with Gasteiger partial charge in [-0.25, -0.2) is 10.1 Å². The fraction of sp³-hybridized carbons (Fsp3) is 0.500. The standard InChI is InChI=1S/C10H13N5O4/c11-9-8-7(10(18)14-13-9)12-3-15(8)6-1-4(17)5(2-16)19-6/h3-6,16-17H,1-2H2,(H2,11,13)(H,14,18)/t4-,5-,6-/m1/s1. The highest BCUT2D eigenvalue weighted by atomic mass is 16.5. The van der Waals surface area contributed by atoms with Crippen LogP contribution in [0, 0.1) is 0 Å². The number of nitrogens with zero attached hydrogens (tertiary/aromatic N) is 3. The molecule has 3 heterocycles. The molecule has 0 aromatic carbocycles. The number of hydrogen-bond donors (Lipinski definition) is 4. The van der Waals surface area contributed by atoms with Crippen molar-refractivity contribution in [3.05, 3.63) is 16.7 Å². The number of H-pyrrole nitrogens is 1. The van der Waals surface area contributed by atoms with E-state index in [4.69, 9.17) is 15.6 Å². The molecule has 3 rings (SSSR count). The molecule has 0 unspecified atom stereocenters. The number of anilines is 1. The monoisotopic (exact) mass is 267 g/mol. The minimum atomic E-state index is -0.774. The second-order valence-electron chi connectivity index (χ2n) is 4.40. The summed E-state index contributed by atoms with van der Waals surface area (Å²) in [6.45, 7) is -0.279. The lowest BCUT2D eigenvalue weighted by Crippen LogP contribution is -2.24. The van der Waals surface area contributed by atoms with Crippen LogP contribution in [0.4, 0.5) is 5.82 Å². The van der Waals surface area contributed by atoms with Gasteiger partial charge in [0, 0.05) is 6.42 Å². The highest BCUT2D eigenvalue weighted by Crippen LogP contribution is 2.31. The average molecular weight is 267 g/mol. The molecule has 0 saturated carbocycles. The molecule has 3 atom stereocenters. The number of aliphatic hydroxyl groups is 2. The van der Waals surface area contributed by atoms with Gasteiger partial charge in [-0.3, -0.25) is 4.79 Å².